The third kappa shape index (κ3) is 3.20. The fourth-order valence-corrected chi connectivity index (χ4v) is 2.75. The molecular weight excluding hydrogens is 276 g/mol. The number of hydrogen-bond donors (Lipinski definition) is 1. The zero-order chi connectivity index (χ0) is 13.9. The highest BCUT2D eigenvalue weighted by Gasteiger charge is 2.27. The van der Waals surface area contributed by atoms with Gasteiger partial charge in [0.1, 0.15) is 5.82 Å². The number of likely N-dealkylation sites (tertiary alicyclic amines) is 1. The molecule has 1 saturated heterocycles. The molecule has 5 nitrogen and oxygen atoms in total. The molecule has 0 bridgehead atoms. The molecule has 6 heteroatoms. The predicted molar refractivity (Wildman–Crippen MR) is 77.9 cm³/mol. The molecule has 2 heterocycles. The molecule has 20 heavy (non-hydrogen) atoms. The number of carbonyl (C=O) groups excluding carboxylic acids is 1. The van der Waals surface area contributed by atoms with Crippen molar-refractivity contribution in [1.82, 2.24) is 14.9 Å². The van der Waals surface area contributed by atoms with Gasteiger partial charge in [-0.05, 0) is 43.2 Å². The lowest BCUT2D eigenvalue weighted by Crippen LogP contribution is -2.27. The van der Waals surface area contributed by atoms with Crippen molar-refractivity contribution in [2.24, 2.45) is 0 Å². The maximum atomic E-state index is 11.5. The monoisotopic (exact) mass is 294 g/mol. The van der Waals surface area contributed by atoms with Gasteiger partial charge in [-0.1, -0.05) is 0 Å². The predicted octanol–water partition coefficient (Wildman–Crippen LogP) is 2.43. The quantitative estimate of drug-likeness (QED) is 0.647. The van der Waals surface area contributed by atoms with E-state index in [2.05, 4.69) is 15.3 Å². The lowest BCUT2D eigenvalue weighted by molar-refractivity contribution is -0.127. The molecule has 0 atom stereocenters. The fourth-order valence-electron chi connectivity index (χ4n) is 2.62. The summed E-state index contributed by atoms with van der Waals surface area (Å²) in [5.41, 5.74) is 1.17. The van der Waals surface area contributed by atoms with Gasteiger partial charge in [-0.3, -0.25) is 4.79 Å². The fraction of sp³-hybridized carbons (Fsp3) is 0.643. The van der Waals surface area contributed by atoms with Crippen LogP contribution in [0.15, 0.2) is 6.20 Å². The van der Waals surface area contributed by atoms with E-state index in [0.717, 1.165) is 38.3 Å². The van der Waals surface area contributed by atoms with Crippen LogP contribution in [-0.4, -0.2) is 40.4 Å². The van der Waals surface area contributed by atoms with E-state index in [4.69, 9.17) is 11.6 Å². The van der Waals surface area contributed by atoms with Crippen molar-refractivity contribution < 1.29 is 4.79 Å². The van der Waals surface area contributed by atoms with E-state index in [-0.39, 0.29) is 11.2 Å². The zero-order valence-electron chi connectivity index (χ0n) is 11.4. The molecule has 2 fully saturated rings. The molecule has 1 N–H and O–H groups in total. The van der Waals surface area contributed by atoms with Crippen molar-refractivity contribution in [3.05, 3.63) is 17.0 Å². The van der Waals surface area contributed by atoms with Crippen LogP contribution in [0.1, 0.15) is 43.6 Å². The van der Waals surface area contributed by atoms with Crippen molar-refractivity contribution in [3.63, 3.8) is 0 Å². The minimum absolute atomic E-state index is 0.284. The number of halogens is 1. The lowest BCUT2D eigenvalue weighted by atomic mass is 10.2. The van der Waals surface area contributed by atoms with Crippen molar-refractivity contribution >= 4 is 23.3 Å². The van der Waals surface area contributed by atoms with Crippen molar-refractivity contribution in [2.75, 3.05) is 25.0 Å². The summed E-state index contributed by atoms with van der Waals surface area (Å²) in [5.74, 6) is 1.74. The van der Waals surface area contributed by atoms with Crippen LogP contribution in [-0.2, 0) is 4.79 Å². The Hall–Kier alpha value is -1.36. The second-order valence-corrected chi connectivity index (χ2v) is 5.82. The maximum Gasteiger partial charge on any atom is 0.224 e. The average Bonchev–Trinajstić information content (AvgIpc) is 3.19. The Morgan fingerprint density at radius 3 is 3.00 bits per heavy atom. The summed E-state index contributed by atoms with van der Waals surface area (Å²) in [6.45, 7) is 2.53. The van der Waals surface area contributed by atoms with Gasteiger partial charge < -0.3 is 10.2 Å². The standard InChI is InChI=1S/C14H19ClN4O/c15-14-17-9-11(10-4-5-10)13(18-14)16-6-2-8-19-7-1-3-12(19)20/h9-10H,1-8H2,(H,16,17,18). The van der Waals surface area contributed by atoms with Crippen molar-refractivity contribution in [1.29, 1.82) is 0 Å². The van der Waals surface area contributed by atoms with E-state index in [1.807, 2.05) is 11.1 Å². The van der Waals surface area contributed by atoms with Gasteiger partial charge in [0.15, 0.2) is 0 Å². The van der Waals surface area contributed by atoms with E-state index >= 15 is 0 Å². The normalized spacial score (nSPS) is 18.6. The van der Waals surface area contributed by atoms with Crippen LogP contribution in [0.2, 0.25) is 5.28 Å². The molecular formula is C14H19ClN4O. The van der Waals surface area contributed by atoms with Gasteiger partial charge >= 0.3 is 0 Å². The SMILES string of the molecule is O=C1CCCN1CCCNc1nc(Cl)ncc1C1CC1. The molecule has 0 aromatic carbocycles. The Morgan fingerprint density at radius 2 is 2.30 bits per heavy atom. The lowest BCUT2D eigenvalue weighted by Gasteiger charge is -2.16. The number of carbonyl (C=O) groups is 1. The summed E-state index contributed by atoms with van der Waals surface area (Å²) >= 11 is 5.86. The summed E-state index contributed by atoms with van der Waals surface area (Å²) in [6, 6.07) is 0. The first-order valence-corrected chi connectivity index (χ1v) is 7.66. The molecule has 0 spiro atoms. The molecule has 1 amide bonds. The molecule has 2 aliphatic rings. The second kappa shape index (κ2) is 5.95. The van der Waals surface area contributed by atoms with Crippen molar-refractivity contribution in [2.45, 2.75) is 38.0 Å². The maximum absolute atomic E-state index is 11.5. The third-order valence-electron chi connectivity index (χ3n) is 3.87. The summed E-state index contributed by atoms with van der Waals surface area (Å²) in [4.78, 5) is 21.8. The summed E-state index contributed by atoms with van der Waals surface area (Å²) < 4.78 is 0. The van der Waals surface area contributed by atoms with E-state index < -0.39 is 0 Å². The van der Waals surface area contributed by atoms with E-state index in [0.29, 0.717) is 12.3 Å². The van der Waals surface area contributed by atoms with E-state index in [9.17, 15) is 4.79 Å². The molecule has 1 saturated carbocycles. The Balaban J connectivity index is 1.50. The first-order chi connectivity index (χ1) is 9.74. The van der Waals surface area contributed by atoms with Gasteiger partial charge in [-0.2, -0.15) is 0 Å². The first-order valence-electron chi connectivity index (χ1n) is 7.28. The molecule has 0 unspecified atom stereocenters. The van der Waals surface area contributed by atoms with E-state index in [1.54, 1.807) is 0 Å². The summed E-state index contributed by atoms with van der Waals surface area (Å²) in [6.07, 6.45) is 6.89. The van der Waals surface area contributed by atoms with Crippen LogP contribution < -0.4 is 5.32 Å². The number of hydrogen-bond acceptors (Lipinski definition) is 4. The highest BCUT2D eigenvalue weighted by atomic mass is 35.5. The van der Waals surface area contributed by atoms with Gasteiger partial charge in [0.25, 0.3) is 0 Å². The van der Waals surface area contributed by atoms with Crippen LogP contribution in [0.25, 0.3) is 0 Å². The number of nitrogens with zero attached hydrogens (tertiary/aromatic N) is 3. The van der Waals surface area contributed by atoms with Crippen LogP contribution in [0, 0.1) is 0 Å². The van der Waals surface area contributed by atoms with Gasteiger partial charge in [0.05, 0.1) is 0 Å². The molecule has 0 radical (unpaired) electrons. The molecule has 1 aromatic heterocycles. The smallest absolute Gasteiger partial charge is 0.224 e. The number of anilines is 1. The van der Waals surface area contributed by atoms with Crippen LogP contribution >= 0.6 is 11.6 Å². The van der Waals surface area contributed by atoms with Crippen LogP contribution in [0.5, 0.6) is 0 Å². The van der Waals surface area contributed by atoms with Gasteiger partial charge in [-0.25, -0.2) is 9.97 Å². The molecule has 1 aliphatic carbocycles. The second-order valence-electron chi connectivity index (χ2n) is 5.48. The highest BCUT2D eigenvalue weighted by molar-refractivity contribution is 6.28. The summed E-state index contributed by atoms with van der Waals surface area (Å²) in [5, 5.41) is 3.62. The molecule has 3 rings (SSSR count). The van der Waals surface area contributed by atoms with Gasteiger partial charge in [-0.15, -0.1) is 0 Å². The minimum Gasteiger partial charge on any atom is -0.370 e. The van der Waals surface area contributed by atoms with Crippen molar-refractivity contribution in [3.8, 4) is 0 Å². The van der Waals surface area contributed by atoms with E-state index in [1.165, 1.54) is 18.4 Å². The van der Waals surface area contributed by atoms with Crippen LogP contribution in [0.3, 0.4) is 0 Å². The average molecular weight is 295 g/mol. The number of nitrogens with one attached hydrogen (secondary N) is 1. The number of rotatable bonds is 6. The van der Waals surface area contributed by atoms with Gasteiger partial charge in [0, 0.05) is 37.8 Å². The highest BCUT2D eigenvalue weighted by Crippen LogP contribution is 2.42. The summed E-state index contributed by atoms with van der Waals surface area (Å²) in [7, 11) is 0. The Labute approximate surface area is 123 Å². The Bertz CT molecular complexity index is 504. The zero-order valence-corrected chi connectivity index (χ0v) is 12.2. The Morgan fingerprint density at radius 1 is 1.45 bits per heavy atom. The topological polar surface area (TPSA) is 58.1 Å². The first kappa shape index (κ1) is 13.6. The molecule has 108 valence electrons. The molecule has 1 aliphatic heterocycles. The van der Waals surface area contributed by atoms with Crippen LogP contribution in [0.4, 0.5) is 5.82 Å². The molecule has 1 aromatic rings. The third-order valence-corrected chi connectivity index (χ3v) is 4.06. The number of amides is 1. The number of aromatic nitrogens is 2. The largest absolute Gasteiger partial charge is 0.370 e. The Kier molecular flexibility index (Phi) is 4.05. The minimum atomic E-state index is 0.284. The van der Waals surface area contributed by atoms with Gasteiger partial charge in [0.2, 0.25) is 11.2 Å².